The second-order valence-electron chi connectivity index (χ2n) is 4.12. The Morgan fingerprint density at radius 1 is 1.43 bits per heavy atom. The lowest BCUT2D eigenvalue weighted by Crippen LogP contribution is -2.39. The summed E-state index contributed by atoms with van der Waals surface area (Å²) >= 11 is 0. The maximum Gasteiger partial charge on any atom is 0.234 e. The van der Waals surface area contributed by atoms with Crippen LogP contribution in [0.15, 0.2) is 0 Å². The lowest BCUT2D eigenvalue weighted by Gasteiger charge is -2.20. The Kier molecular flexibility index (Phi) is 6.49. The Hall–Kier alpha value is -0.610. The summed E-state index contributed by atoms with van der Waals surface area (Å²) < 4.78 is 0. The number of hydrogen-bond acceptors (Lipinski definition) is 3. The van der Waals surface area contributed by atoms with E-state index >= 15 is 0 Å². The zero-order valence-electron chi connectivity index (χ0n) is 9.71. The highest BCUT2D eigenvalue weighted by Crippen LogP contribution is 1.92. The highest BCUT2D eigenvalue weighted by Gasteiger charge is 2.08. The van der Waals surface area contributed by atoms with Crippen LogP contribution in [0.25, 0.3) is 0 Å². The molecular formula is C10H23N3O. The summed E-state index contributed by atoms with van der Waals surface area (Å²) in [4.78, 5) is 13.3. The summed E-state index contributed by atoms with van der Waals surface area (Å²) in [5.41, 5.74) is 5.57. The summed E-state index contributed by atoms with van der Waals surface area (Å²) in [5.74, 6) is 0.0712. The molecule has 4 nitrogen and oxygen atoms in total. The van der Waals surface area contributed by atoms with Crippen molar-refractivity contribution < 1.29 is 4.79 Å². The second-order valence-corrected chi connectivity index (χ2v) is 4.12. The average Bonchev–Trinajstić information content (AvgIpc) is 2.02. The largest absolute Gasteiger partial charge is 0.355 e. The first-order chi connectivity index (χ1) is 6.43. The normalized spacial score (nSPS) is 13.4. The third kappa shape index (κ3) is 6.86. The molecule has 0 saturated carbocycles. The molecule has 84 valence electrons. The van der Waals surface area contributed by atoms with Gasteiger partial charge in [0.05, 0.1) is 6.54 Å². The molecule has 0 rings (SSSR count). The van der Waals surface area contributed by atoms with Crippen LogP contribution in [0.1, 0.15) is 27.2 Å². The van der Waals surface area contributed by atoms with Gasteiger partial charge in [-0.05, 0) is 34.2 Å². The number of likely N-dealkylation sites (N-methyl/N-ethyl adjacent to an activating group) is 1. The first kappa shape index (κ1) is 13.4. The third-order valence-corrected chi connectivity index (χ3v) is 2.20. The Labute approximate surface area is 86.8 Å². The van der Waals surface area contributed by atoms with Gasteiger partial charge in [-0.3, -0.25) is 9.69 Å². The number of amides is 1. The molecule has 0 aliphatic carbocycles. The van der Waals surface area contributed by atoms with Gasteiger partial charge in [0, 0.05) is 18.6 Å². The molecule has 1 atom stereocenters. The van der Waals surface area contributed by atoms with Gasteiger partial charge in [-0.1, -0.05) is 0 Å². The number of nitrogens with one attached hydrogen (secondary N) is 1. The zero-order chi connectivity index (χ0) is 11.1. The molecule has 0 saturated heterocycles. The molecule has 0 aliphatic rings. The van der Waals surface area contributed by atoms with E-state index in [2.05, 4.69) is 19.2 Å². The van der Waals surface area contributed by atoms with Gasteiger partial charge in [-0.15, -0.1) is 0 Å². The quantitative estimate of drug-likeness (QED) is 0.644. The number of nitrogens with zero attached hydrogens (tertiary/aromatic N) is 1. The first-order valence-corrected chi connectivity index (χ1v) is 5.16. The molecule has 1 unspecified atom stereocenters. The molecule has 4 heteroatoms. The van der Waals surface area contributed by atoms with Gasteiger partial charge in [-0.25, -0.2) is 0 Å². The molecule has 0 aliphatic heterocycles. The van der Waals surface area contributed by atoms with E-state index in [9.17, 15) is 4.79 Å². The molecule has 0 heterocycles. The number of carbonyl (C=O) groups excluding carboxylic acids is 1. The average molecular weight is 201 g/mol. The van der Waals surface area contributed by atoms with Crippen LogP contribution in [0, 0.1) is 0 Å². The maximum atomic E-state index is 11.3. The van der Waals surface area contributed by atoms with Crippen molar-refractivity contribution in [2.45, 2.75) is 39.3 Å². The lowest BCUT2D eigenvalue weighted by molar-refractivity contribution is -0.122. The van der Waals surface area contributed by atoms with Crippen LogP contribution < -0.4 is 11.1 Å². The Morgan fingerprint density at radius 2 is 2.00 bits per heavy atom. The van der Waals surface area contributed by atoms with Gasteiger partial charge in [0.2, 0.25) is 5.91 Å². The molecule has 0 aromatic rings. The van der Waals surface area contributed by atoms with Crippen LogP contribution in [-0.2, 0) is 4.79 Å². The van der Waals surface area contributed by atoms with Crippen molar-refractivity contribution in [3.63, 3.8) is 0 Å². The summed E-state index contributed by atoms with van der Waals surface area (Å²) in [5, 5.41) is 2.84. The number of rotatable bonds is 6. The van der Waals surface area contributed by atoms with Crippen molar-refractivity contribution in [1.82, 2.24) is 10.2 Å². The van der Waals surface area contributed by atoms with Crippen LogP contribution >= 0.6 is 0 Å². The standard InChI is InChI=1S/C10H23N3O/c1-8(2)13(4)7-10(14)12-6-5-9(3)11/h8-9H,5-7,11H2,1-4H3,(H,12,14). The number of carbonyl (C=O) groups is 1. The van der Waals surface area contributed by atoms with Gasteiger partial charge in [0.25, 0.3) is 0 Å². The van der Waals surface area contributed by atoms with E-state index in [-0.39, 0.29) is 11.9 Å². The molecule has 0 aromatic heterocycles. The minimum atomic E-state index is 0.0712. The molecule has 1 amide bonds. The Bertz CT molecular complexity index is 169. The van der Waals surface area contributed by atoms with Gasteiger partial charge in [0.1, 0.15) is 0 Å². The first-order valence-electron chi connectivity index (χ1n) is 5.16. The van der Waals surface area contributed by atoms with Crippen LogP contribution in [-0.4, -0.2) is 43.0 Å². The molecular weight excluding hydrogens is 178 g/mol. The van der Waals surface area contributed by atoms with E-state index in [1.165, 1.54) is 0 Å². The van der Waals surface area contributed by atoms with Crippen molar-refractivity contribution in [3.8, 4) is 0 Å². The van der Waals surface area contributed by atoms with Crippen molar-refractivity contribution in [3.05, 3.63) is 0 Å². The van der Waals surface area contributed by atoms with Crippen molar-refractivity contribution in [2.24, 2.45) is 5.73 Å². The number of hydrogen-bond donors (Lipinski definition) is 2. The van der Waals surface area contributed by atoms with Crippen LogP contribution in [0.2, 0.25) is 0 Å². The fourth-order valence-electron chi connectivity index (χ4n) is 0.904. The van der Waals surface area contributed by atoms with Crippen LogP contribution in [0.5, 0.6) is 0 Å². The molecule has 0 aromatic carbocycles. The van der Waals surface area contributed by atoms with E-state index < -0.39 is 0 Å². The predicted octanol–water partition coefficient (Wildman–Crippen LogP) is 0.180. The Morgan fingerprint density at radius 3 is 2.43 bits per heavy atom. The van der Waals surface area contributed by atoms with Crippen molar-refractivity contribution in [1.29, 1.82) is 0 Å². The minimum absolute atomic E-state index is 0.0712. The zero-order valence-corrected chi connectivity index (χ0v) is 9.71. The fraction of sp³-hybridized carbons (Fsp3) is 0.900. The summed E-state index contributed by atoms with van der Waals surface area (Å²) in [6.07, 6.45) is 0.830. The predicted molar refractivity (Wildman–Crippen MR) is 59.0 cm³/mol. The van der Waals surface area contributed by atoms with Crippen LogP contribution in [0.3, 0.4) is 0 Å². The van der Waals surface area contributed by atoms with E-state index in [4.69, 9.17) is 5.73 Å². The topological polar surface area (TPSA) is 58.4 Å². The van der Waals surface area contributed by atoms with Gasteiger partial charge >= 0.3 is 0 Å². The monoisotopic (exact) mass is 201 g/mol. The SMILES string of the molecule is CC(N)CCNC(=O)CN(C)C(C)C. The van der Waals surface area contributed by atoms with E-state index in [1.807, 2.05) is 18.9 Å². The molecule has 0 fully saturated rings. The van der Waals surface area contributed by atoms with Crippen molar-refractivity contribution >= 4 is 5.91 Å². The van der Waals surface area contributed by atoms with Gasteiger partial charge in [0.15, 0.2) is 0 Å². The van der Waals surface area contributed by atoms with E-state index in [0.717, 1.165) is 6.42 Å². The molecule has 3 N–H and O–H groups in total. The summed E-state index contributed by atoms with van der Waals surface area (Å²) in [6, 6.07) is 0.548. The minimum Gasteiger partial charge on any atom is -0.355 e. The fourth-order valence-corrected chi connectivity index (χ4v) is 0.904. The summed E-state index contributed by atoms with van der Waals surface area (Å²) in [7, 11) is 1.94. The second kappa shape index (κ2) is 6.79. The smallest absolute Gasteiger partial charge is 0.234 e. The lowest BCUT2D eigenvalue weighted by atomic mass is 10.2. The van der Waals surface area contributed by atoms with Crippen molar-refractivity contribution in [2.75, 3.05) is 20.1 Å². The van der Waals surface area contributed by atoms with Gasteiger partial charge < -0.3 is 11.1 Å². The van der Waals surface area contributed by atoms with E-state index in [0.29, 0.717) is 19.1 Å². The molecule has 14 heavy (non-hydrogen) atoms. The highest BCUT2D eigenvalue weighted by atomic mass is 16.2. The Balaban J connectivity index is 3.55. The summed E-state index contributed by atoms with van der Waals surface area (Å²) in [6.45, 7) is 7.19. The molecule has 0 bridgehead atoms. The number of nitrogens with two attached hydrogens (primary N) is 1. The molecule has 0 radical (unpaired) electrons. The molecule has 0 spiro atoms. The third-order valence-electron chi connectivity index (χ3n) is 2.20. The van der Waals surface area contributed by atoms with Gasteiger partial charge in [-0.2, -0.15) is 0 Å². The highest BCUT2D eigenvalue weighted by molar-refractivity contribution is 5.77. The van der Waals surface area contributed by atoms with E-state index in [1.54, 1.807) is 0 Å². The van der Waals surface area contributed by atoms with Crippen LogP contribution in [0.4, 0.5) is 0 Å². The maximum absolute atomic E-state index is 11.3.